The number of carbonyl (C=O) groups excluding carboxylic acids is 2. The average molecular weight is 449 g/mol. The number of likely N-dealkylation sites (tertiary alicyclic amines) is 1. The summed E-state index contributed by atoms with van der Waals surface area (Å²) in [4.78, 5) is 26.8. The maximum absolute atomic E-state index is 12.5. The van der Waals surface area contributed by atoms with Crippen molar-refractivity contribution in [3.63, 3.8) is 0 Å². The van der Waals surface area contributed by atoms with Gasteiger partial charge in [0.1, 0.15) is 11.7 Å². The fraction of sp³-hybridized carbons (Fsp3) is 0.391. The number of Topliss-reactive ketones (excluding diaryl/α,β-unsaturated/α-hetero) is 1. The molecular weight excluding hydrogens is 423 g/mol. The average Bonchev–Trinajstić information content (AvgIpc) is 3.12. The van der Waals surface area contributed by atoms with E-state index in [0.29, 0.717) is 36.2 Å². The number of nitrogens with zero attached hydrogens (tertiary/aromatic N) is 1. The first kappa shape index (κ1) is 22.6. The number of ether oxygens (including phenoxy) is 1. The number of carbonyl (C=O) groups is 2. The number of rotatable bonds is 9. The van der Waals surface area contributed by atoms with Crippen molar-refractivity contribution in [1.29, 1.82) is 0 Å². The van der Waals surface area contributed by atoms with Gasteiger partial charge in [0.15, 0.2) is 5.78 Å². The normalized spacial score (nSPS) is 16.6. The molecule has 1 amide bonds. The van der Waals surface area contributed by atoms with Gasteiger partial charge in [-0.1, -0.05) is 47.5 Å². The topological polar surface area (TPSA) is 58.6 Å². The smallest absolute Gasteiger partial charge is 0.231 e. The minimum Gasteiger partial charge on any atom is -0.496 e. The lowest BCUT2D eigenvalue weighted by atomic mass is 10.1. The van der Waals surface area contributed by atoms with E-state index < -0.39 is 5.92 Å². The fourth-order valence-electron chi connectivity index (χ4n) is 3.67. The molecule has 1 fully saturated rings. The first-order chi connectivity index (χ1) is 14.5. The standard InChI is InChI=1S/C23H26Cl2N2O3/c1-30-22-7-3-2-6-17(22)10-12-27-14-18(21(28)15-27)23(29)26-11-4-5-16-8-9-19(24)20(25)13-16/h2-3,6-9,13,18H,4-5,10-12,14-15H2,1H3,(H,26,29). The number of hydrogen-bond donors (Lipinski definition) is 1. The van der Waals surface area contributed by atoms with E-state index in [1.165, 1.54) is 0 Å². The third kappa shape index (κ3) is 5.97. The van der Waals surface area contributed by atoms with Gasteiger partial charge in [0.05, 0.1) is 23.7 Å². The molecule has 1 aliphatic heterocycles. The summed E-state index contributed by atoms with van der Waals surface area (Å²) in [5, 5.41) is 3.96. The molecule has 160 valence electrons. The van der Waals surface area contributed by atoms with Crippen molar-refractivity contribution in [1.82, 2.24) is 10.2 Å². The highest BCUT2D eigenvalue weighted by molar-refractivity contribution is 6.42. The fourth-order valence-corrected chi connectivity index (χ4v) is 3.99. The van der Waals surface area contributed by atoms with Crippen LogP contribution in [0.1, 0.15) is 17.5 Å². The minimum absolute atomic E-state index is 0.0167. The number of halogens is 2. The van der Waals surface area contributed by atoms with Gasteiger partial charge < -0.3 is 10.1 Å². The number of ketones is 1. The Morgan fingerprint density at radius 3 is 2.73 bits per heavy atom. The summed E-state index contributed by atoms with van der Waals surface area (Å²) in [6.45, 7) is 2.01. The maximum atomic E-state index is 12.5. The summed E-state index contributed by atoms with van der Waals surface area (Å²) in [6, 6.07) is 13.4. The van der Waals surface area contributed by atoms with Gasteiger partial charge in [-0.15, -0.1) is 0 Å². The molecule has 3 rings (SSSR count). The third-order valence-corrected chi connectivity index (χ3v) is 6.08. The van der Waals surface area contributed by atoms with Crippen molar-refractivity contribution in [2.24, 2.45) is 5.92 Å². The quantitative estimate of drug-likeness (QED) is 0.468. The zero-order valence-electron chi connectivity index (χ0n) is 17.0. The van der Waals surface area contributed by atoms with Crippen LogP contribution in [0.4, 0.5) is 0 Å². The molecule has 1 heterocycles. The van der Waals surface area contributed by atoms with E-state index >= 15 is 0 Å². The second-order valence-electron chi connectivity index (χ2n) is 7.46. The van der Waals surface area contributed by atoms with Crippen LogP contribution in [0.15, 0.2) is 42.5 Å². The summed E-state index contributed by atoms with van der Waals surface area (Å²) in [5.41, 5.74) is 2.17. The Morgan fingerprint density at radius 2 is 1.97 bits per heavy atom. The van der Waals surface area contributed by atoms with Crippen LogP contribution in [-0.4, -0.2) is 49.9 Å². The van der Waals surface area contributed by atoms with Crippen LogP contribution in [0.25, 0.3) is 0 Å². The number of benzene rings is 2. The molecule has 7 heteroatoms. The molecule has 1 atom stereocenters. The zero-order valence-corrected chi connectivity index (χ0v) is 18.5. The molecule has 2 aromatic carbocycles. The highest BCUT2D eigenvalue weighted by Crippen LogP contribution is 2.23. The lowest BCUT2D eigenvalue weighted by Gasteiger charge is -2.16. The lowest BCUT2D eigenvalue weighted by Crippen LogP contribution is -2.36. The van der Waals surface area contributed by atoms with Crippen LogP contribution < -0.4 is 10.1 Å². The highest BCUT2D eigenvalue weighted by Gasteiger charge is 2.35. The van der Waals surface area contributed by atoms with Crippen molar-refractivity contribution in [3.05, 3.63) is 63.6 Å². The Hall–Kier alpha value is -2.08. The molecule has 0 bridgehead atoms. The van der Waals surface area contributed by atoms with Crippen LogP contribution >= 0.6 is 23.2 Å². The SMILES string of the molecule is COc1ccccc1CCN1CC(=O)C(C(=O)NCCCc2ccc(Cl)c(Cl)c2)C1. The van der Waals surface area contributed by atoms with Crippen molar-refractivity contribution < 1.29 is 14.3 Å². The van der Waals surface area contributed by atoms with E-state index in [4.69, 9.17) is 27.9 Å². The van der Waals surface area contributed by atoms with E-state index in [1.54, 1.807) is 13.2 Å². The summed E-state index contributed by atoms with van der Waals surface area (Å²) >= 11 is 11.9. The second kappa shape index (κ2) is 10.8. The second-order valence-corrected chi connectivity index (χ2v) is 8.27. The van der Waals surface area contributed by atoms with E-state index in [1.807, 2.05) is 41.3 Å². The molecule has 5 nitrogen and oxygen atoms in total. The molecule has 0 aromatic heterocycles. The predicted molar refractivity (Wildman–Crippen MR) is 119 cm³/mol. The van der Waals surface area contributed by atoms with Crippen molar-refractivity contribution in [3.8, 4) is 5.75 Å². The Bertz CT molecular complexity index is 904. The molecular formula is C23H26Cl2N2O3. The van der Waals surface area contributed by atoms with Gasteiger partial charge in [-0.25, -0.2) is 0 Å². The summed E-state index contributed by atoms with van der Waals surface area (Å²) < 4.78 is 5.38. The molecule has 1 aliphatic rings. The molecule has 1 N–H and O–H groups in total. The summed E-state index contributed by atoms with van der Waals surface area (Å²) in [7, 11) is 1.65. The lowest BCUT2D eigenvalue weighted by molar-refractivity contribution is -0.131. The largest absolute Gasteiger partial charge is 0.496 e. The number of aryl methyl sites for hydroxylation is 1. The predicted octanol–water partition coefficient (Wildman–Crippen LogP) is 3.79. The molecule has 1 saturated heterocycles. The number of hydrogen-bond acceptors (Lipinski definition) is 4. The summed E-state index contributed by atoms with van der Waals surface area (Å²) in [5.74, 6) is 0.0536. The van der Waals surface area contributed by atoms with Gasteiger partial charge in [-0.3, -0.25) is 14.5 Å². The van der Waals surface area contributed by atoms with E-state index in [9.17, 15) is 9.59 Å². The van der Waals surface area contributed by atoms with E-state index in [2.05, 4.69) is 5.32 Å². The summed E-state index contributed by atoms with van der Waals surface area (Å²) in [6.07, 6.45) is 2.32. The Balaban J connectivity index is 1.41. The number of para-hydroxylation sites is 1. The Morgan fingerprint density at radius 1 is 1.17 bits per heavy atom. The first-order valence-corrected chi connectivity index (χ1v) is 10.8. The molecule has 0 radical (unpaired) electrons. The number of methoxy groups -OCH3 is 1. The van der Waals surface area contributed by atoms with Gasteiger partial charge in [0, 0.05) is 19.6 Å². The molecule has 0 spiro atoms. The third-order valence-electron chi connectivity index (χ3n) is 5.34. The van der Waals surface area contributed by atoms with Crippen LogP contribution in [-0.2, 0) is 22.4 Å². The van der Waals surface area contributed by atoms with Gasteiger partial charge in [-0.2, -0.15) is 0 Å². The maximum Gasteiger partial charge on any atom is 0.231 e. The van der Waals surface area contributed by atoms with Crippen LogP contribution in [0.3, 0.4) is 0 Å². The molecule has 1 unspecified atom stereocenters. The molecule has 2 aromatic rings. The van der Waals surface area contributed by atoms with Gasteiger partial charge >= 0.3 is 0 Å². The van der Waals surface area contributed by atoms with E-state index in [-0.39, 0.29) is 11.7 Å². The molecule has 0 saturated carbocycles. The van der Waals surface area contributed by atoms with Gasteiger partial charge in [0.25, 0.3) is 0 Å². The monoisotopic (exact) mass is 448 g/mol. The zero-order chi connectivity index (χ0) is 21.5. The highest BCUT2D eigenvalue weighted by atomic mass is 35.5. The van der Waals surface area contributed by atoms with Crippen molar-refractivity contribution in [2.45, 2.75) is 19.3 Å². The van der Waals surface area contributed by atoms with Crippen LogP contribution in [0, 0.1) is 5.92 Å². The first-order valence-electron chi connectivity index (χ1n) is 10.1. The van der Waals surface area contributed by atoms with Crippen LogP contribution in [0.2, 0.25) is 10.0 Å². The minimum atomic E-state index is -0.590. The number of amides is 1. The Labute approximate surface area is 187 Å². The van der Waals surface area contributed by atoms with E-state index in [0.717, 1.165) is 36.1 Å². The van der Waals surface area contributed by atoms with Gasteiger partial charge in [0.2, 0.25) is 5.91 Å². The van der Waals surface area contributed by atoms with Crippen molar-refractivity contribution in [2.75, 3.05) is 33.3 Å². The van der Waals surface area contributed by atoms with Gasteiger partial charge in [-0.05, 0) is 48.6 Å². The number of nitrogens with one attached hydrogen (secondary N) is 1. The van der Waals surface area contributed by atoms with Crippen molar-refractivity contribution >= 4 is 34.9 Å². The molecule has 30 heavy (non-hydrogen) atoms. The Kier molecular flexibility index (Phi) is 8.14. The van der Waals surface area contributed by atoms with Crippen LogP contribution in [0.5, 0.6) is 5.75 Å². The molecule has 0 aliphatic carbocycles.